The van der Waals surface area contributed by atoms with E-state index in [9.17, 15) is 43.2 Å². The lowest BCUT2D eigenvalue weighted by atomic mass is 10.00. The van der Waals surface area contributed by atoms with Crippen molar-refractivity contribution >= 4 is 39.5 Å². The summed E-state index contributed by atoms with van der Waals surface area (Å²) in [6.45, 7) is 14.3. The summed E-state index contributed by atoms with van der Waals surface area (Å²) in [5.74, 6) is 1.01. The molecule has 0 bridgehead atoms. The van der Waals surface area contributed by atoms with Crippen molar-refractivity contribution in [1.29, 1.82) is 0 Å². The van der Waals surface area contributed by atoms with Crippen LogP contribution in [0.2, 0.25) is 0 Å². The SMILES string of the molecule is CCC(C)CCCCCCCCC(=O)OC[C@H](COP(=O)(O)OC[C@H](O)COP(=O)(O)OC[C@@H](COC(=O)CCCCCCCCCCCCCCCC(C)C)OC(=O)CCCCCCCCCCCCCCCCCCC(C)C)OC(=O)CCCCCCCCCCCCCCCCC(C)C. The van der Waals surface area contributed by atoms with Crippen molar-refractivity contribution in [3.8, 4) is 0 Å². The molecule has 0 radical (unpaired) electrons. The highest BCUT2D eigenvalue weighted by Crippen LogP contribution is 2.45. The Bertz CT molecular complexity index is 1990. The monoisotopic (exact) mass is 1490 g/mol. The van der Waals surface area contributed by atoms with Crippen LogP contribution in [0, 0.1) is 23.7 Å². The van der Waals surface area contributed by atoms with Crippen molar-refractivity contribution in [3.63, 3.8) is 0 Å². The molecule has 0 aliphatic carbocycles. The first-order valence-electron chi connectivity index (χ1n) is 42.7. The van der Waals surface area contributed by atoms with Crippen LogP contribution in [0.25, 0.3) is 0 Å². The maximum atomic E-state index is 13.1. The van der Waals surface area contributed by atoms with Gasteiger partial charge in [-0.3, -0.25) is 37.3 Å². The first kappa shape index (κ1) is 100. The van der Waals surface area contributed by atoms with Gasteiger partial charge in [-0.2, -0.15) is 0 Å². The van der Waals surface area contributed by atoms with Crippen molar-refractivity contribution in [3.05, 3.63) is 0 Å². The molecule has 0 aromatic carbocycles. The highest BCUT2D eigenvalue weighted by atomic mass is 31.2. The van der Waals surface area contributed by atoms with E-state index in [1.54, 1.807) is 0 Å². The Morgan fingerprint density at radius 1 is 0.275 bits per heavy atom. The van der Waals surface area contributed by atoms with Gasteiger partial charge < -0.3 is 33.8 Å². The number of phosphoric acid groups is 2. The largest absolute Gasteiger partial charge is 0.472 e. The van der Waals surface area contributed by atoms with Gasteiger partial charge in [0, 0.05) is 25.7 Å². The fourth-order valence-corrected chi connectivity index (χ4v) is 14.3. The van der Waals surface area contributed by atoms with Gasteiger partial charge in [0.25, 0.3) is 0 Å². The maximum Gasteiger partial charge on any atom is 0.472 e. The summed E-state index contributed by atoms with van der Waals surface area (Å²) in [6.07, 6.45) is 59.7. The quantitative estimate of drug-likeness (QED) is 0.0222. The van der Waals surface area contributed by atoms with Crippen LogP contribution in [0.15, 0.2) is 0 Å². The van der Waals surface area contributed by atoms with Crippen molar-refractivity contribution in [2.45, 2.75) is 446 Å². The number of aliphatic hydroxyl groups excluding tert-OH is 1. The van der Waals surface area contributed by atoms with E-state index in [1.165, 1.54) is 225 Å². The number of hydrogen-bond donors (Lipinski definition) is 3. The molecular formula is C83H162O17P2. The molecule has 3 unspecified atom stereocenters. The lowest BCUT2D eigenvalue weighted by molar-refractivity contribution is -0.161. The van der Waals surface area contributed by atoms with Crippen LogP contribution in [-0.4, -0.2) is 96.7 Å². The van der Waals surface area contributed by atoms with Crippen LogP contribution in [0.5, 0.6) is 0 Å². The van der Waals surface area contributed by atoms with Gasteiger partial charge in [-0.25, -0.2) is 9.13 Å². The molecule has 0 aliphatic heterocycles. The van der Waals surface area contributed by atoms with Crippen LogP contribution in [-0.2, 0) is 65.4 Å². The number of ether oxygens (including phenoxy) is 4. The summed E-state index contributed by atoms with van der Waals surface area (Å²) < 4.78 is 68.8. The third-order valence-electron chi connectivity index (χ3n) is 19.7. The second-order valence-electron chi connectivity index (χ2n) is 31.5. The number of unbranched alkanes of at least 4 members (excludes halogenated alkanes) is 45. The van der Waals surface area contributed by atoms with E-state index in [1.807, 2.05) is 0 Å². The smallest absolute Gasteiger partial charge is 0.462 e. The zero-order valence-corrected chi connectivity index (χ0v) is 69.0. The normalized spacial score (nSPS) is 14.3. The van der Waals surface area contributed by atoms with E-state index < -0.39 is 97.5 Å². The van der Waals surface area contributed by atoms with Crippen molar-refractivity contribution < 1.29 is 80.2 Å². The van der Waals surface area contributed by atoms with Crippen molar-refractivity contribution in [1.82, 2.24) is 0 Å². The molecular weight excluding hydrogens is 1330 g/mol. The van der Waals surface area contributed by atoms with Crippen LogP contribution < -0.4 is 0 Å². The molecule has 102 heavy (non-hydrogen) atoms. The van der Waals surface area contributed by atoms with Gasteiger partial charge in [0.1, 0.15) is 19.3 Å². The van der Waals surface area contributed by atoms with Crippen molar-refractivity contribution in [2.75, 3.05) is 39.6 Å². The third kappa shape index (κ3) is 74.9. The molecule has 0 aliphatic rings. The highest BCUT2D eigenvalue weighted by molar-refractivity contribution is 7.47. The molecule has 0 spiro atoms. The molecule has 0 rings (SSSR count). The van der Waals surface area contributed by atoms with E-state index >= 15 is 0 Å². The fourth-order valence-electron chi connectivity index (χ4n) is 12.8. The summed E-state index contributed by atoms with van der Waals surface area (Å²) >= 11 is 0. The number of rotatable bonds is 80. The third-order valence-corrected chi connectivity index (χ3v) is 21.6. The lowest BCUT2D eigenvalue weighted by Crippen LogP contribution is -2.30. The molecule has 0 saturated carbocycles. The lowest BCUT2D eigenvalue weighted by Gasteiger charge is -2.21. The summed E-state index contributed by atoms with van der Waals surface area (Å²) in [6, 6.07) is 0. The van der Waals surface area contributed by atoms with Gasteiger partial charge in [0.05, 0.1) is 26.4 Å². The van der Waals surface area contributed by atoms with Gasteiger partial charge in [-0.1, -0.05) is 376 Å². The predicted molar refractivity (Wildman–Crippen MR) is 418 cm³/mol. The Hall–Kier alpha value is -1.94. The molecule has 0 amide bonds. The van der Waals surface area contributed by atoms with Gasteiger partial charge in [-0.05, 0) is 49.4 Å². The van der Waals surface area contributed by atoms with Gasteiger partial charge in [0.15, 0.2) is 12.2 Å². The minimum atomic E-state index is -4.96. The Balaban J connectivity index is 5.25. The summed E-state index contributed by atoms with van der Waals surface area (Å²) in [5.41, 5.74) is 0. The van der Waals surface area contributed by atoms with E-state index in [0.29, 0.717) is 25.7 Å². The second-order valence-corrected chi connectivity index (χ2v) is 34.4. The number of aliphatic hydroxyl groups is 1. The van der Waals surface area contributed by atoms with E-state index in [0.717, 1.165) is 120 Å². The average molecular weight is 1490 g/mol. The molecule has 17 nitrogen and oxygen atoms in total. The summed E-state index contributed by atoms with van der Waals surface area (Å²) in [7, 11) is -9.93. The zero-order chi connectivity index (χ0) is 75.3. The Morgan fingerprint density at radius 2 is 0.471 bits per heavy atom. The number of carbonyl (C=O) groups excluding carboxylic acids is 4. The molecule has 0 saturated heterocycles. The molecule has 606 valence electrons. The molecule has 6 atom stereocenters. The number of esters is 4. The summed E-state index contributed by atoms with van der Waals surface area (Å²) in [4.78, 5) is 73.1. The summed E-state index contributed by atoms with van der Waals surface area (Å²) in [5, 5.41) is 10.7. The highest BCUT2D eigenvalue weighted by Gasteiger charge is 2.30. The van der Waals surface area contributed by atoms with Gasteiger partial charge >= 0.3 is 39.5 Å². The first-order valence-corrected chi connectivity index (χ1v) is 45.7. The fraction of sp³-hybridized carbons (Fsp3) is 0.952. The van der Waals surface area contributed by atoms with Crippen LogP contribution in [0.4, 0.5) is 0 Å². The minimum Gasteiger partial charge on any atom is -0.462 e. The van der Waals surface area contributed by atoms with Crippen molar-refractivity contribution in [2.24, 2.45) is 23.7 Å². The molecule has 0 aromatic rings. The Kier molecular flexibility index (Phi) is 70.6. The topological polar surface area (TPSA) is 237 Å². The van der Waals surface area contributed by atoms with Gasteiger partial charge in [-0.15, -0.1) is 0 Å². The molecule has 3 N–H and O–H groups in total. The molecule has 0 fully saturated rings. The second kappa shape index (κ2) is 72.0. The number of hydrogen-bond acceptors (Lipinski definition) is 15. The van der Waals surface area contributed by atoms with E-state index in [4.69, 9.17) is 37.0 Å². The van der Waals surface area contributed by atoms with Crippen LogP contribution >= 0.6 is 15.6 Å². The molecule has 0 heterocycles. The Labute approximate surface area is 626 Å². The van der Waals surface area contributed by atoms with Crippen LogP contribution in [0.3, 0.4) is 0 Å². The maximum absolute atomic E-state index is 13.1. The minimum absolute atomic E-state index is 0.106. The van der Waals surface area contributed by atoms with E-state index in [-0.39, 0.29) is 25.7 Å². The van der Waals surface area contributed by atoms with E-state index in [2.05, 4.69) is 55.4 Å². The molecule has 19 heteroatoms. The standard InChI is InChI=1S/C83H162O17P2/c1-9-76(8)62-54-46-41-42-48-56-64-81(86)94-70-79(100-83(88)66-58-50-40-34-28-21-15-14-18-24-30-36-44-52-60-74(4)5)72-98-102(91,92)96-68-77(84)67-95-101(89,90)97-71-78(69-93-80(85)63-55-47-38-32-26-22-16-19-25-31-37-45-53-61-75(6)7)99-82(87)65-57-49-39-33-27-20-13-11-10-12-17-23-29-35-43-51-59-73(2)3/h73-79,84H,9-72H2,1-8H3,(H,89,90)(H,91,92)/t76?,77-,78-,79-/m1/s1. The Morgan fingerprint density at radius 3 is 0.696 bits per heavy atom. The predicted octanol–water partition coefficient (Wildman–Crippen LogP) is 24.8. The number of phosphoric ester groups is 2. The number of carbonyl (C=O) groups is 4. The van der Waals surface area contributed by atoms with Crippen LogP contribution in [0.1, 0.15) is 428 Å². The average Bonchev–Trinajstić information content (AvgIpc) is 0.910. The zero-order valence-electron chi connectivity index (χ0n) is 67.2. The first-order chi connectivity index (χ1) is 49.1. The van der Waals surface area contributed by atoms with Gasteiger partial charge in [0.2, 0.25) is 0 Å². The molecule has 0 aromatic heterocycles.